The van der Waals surface area contributed by atoms with Gasteiger partial charge in [-0.15, -0.1) is 0 Å². The van der Waals surface area contributed by atoms with Crippen molar-refractivity contribution in [3.05, 3.63) is 35.9 Å². The van der Waals surface area contributed by atoms with Gasteiger partial charge >= 0.3 is 0 Å². The van der Waals surface area contributed by atoms with Crippen molar-refractivity contribution in [3.63, 3.8) is 0 Å². The largest absolute Gasteiger partial charge is 0.339 e. The van der Waals surface area contributed by atoms with Crippen molar-refractivity contribution >= 4 is 5.91 Å². The molecule has 0 bridgehead atoms. The Balaban J connectivity index is 2.17. The van der Waals surface area contributed by atoms with Gasteiger partial charge < -0.3 is 10.2 Å². The van der Waals surface area contributed by atoms with E-state index in [9.17, 15) is 4.79 Å². The quantitative estimate of drug-likeness (QED) is 0.854. The fourth-order valence-corrected chi connectivity index (χ4v) is 2.13. The van der Waals surface area contributed by atoms with Crippen LogP contribution in [0.25, 0.3) is 0 Å². The smallest absolute Gasteiger partial charge is 0.232 e. The van der Waals surface area contributed by atoms with E-state index in [2.05, 4.69) is 5.32 Å². The number of nitrogens with one attached hydrogen (secondary N) is 1. The summed E-state index contributed by atoms with van der Waals surface area (Å²) in [4.78, 5) is 14.4. The Labute approximate surface area is 103 Å². The van der Waals surface area contributed by atoms with E-state index in [4.69, 9.17) is 0 Å². The molecule has 1 fully saturated rings. The lowest BCUT2D eigenvalue weighted by Gasteiger charge is -2.39. The molecule has 17 heavy (non-hydrogen) atoms. The first-order valence-electron chi connectivity index (χ1n) is 6.07. The number of rotatable bonds is 3. The van der Waals surface area contributed by atoms with Crippen LogP contribution in [0.15, 0.2) is 30.3 Å². The molecule has 3 nitrogen and oxygen atoms in total. The van der Waals surface area contributed by atoms with Crippen LogP contribution in [0.1, 0.15) is 19.4 Å². The summed E-state index contributed by atoms with van der Waals surface area (Å²) in [5, 5.41) is 3.19. The summed E-state index contributed by atoms with van der Waals surface area (Å²) >= 11 is 0. The van der Waals surface area contributed by atoms with E-state index in [0.717, 1.165) is 18.7 Å². The van der Waals surface area contributed by atoms with Gasteiger partial charge in [0.1, 0.15) is 0 Å². The molecular formula is C14H20N2O. The molecule has 2 rings (SSSR count). The maximum atomic E-state index is 12.5. The number of hydrogen-bond donors (Lipinski definition) is 1. The Hall–Kier alpha value is -1.35. The number of carbonyl (C=O) groups is 1. The fourth-order valence-electron chi connectivity index (χ4n) is 2.13. The molecule has 0 atom stereocenters. The highest BCUT2D eigenvalue weighted by molar-refractivity contribution is 5.87. The molecule has 1 aromatic rings. The van der Waals surface area contributed by atoms with Crippen LogP contribution >= 0.6 is 0 Å². The molecule has 0 aliphatic carbocycles. The first-order valence-corrected chi connectivity index (χ1v) is 6.07. The van der Waals surface area contributed by atoms with E-state index >= 15 is 0 Å². The minimum absolute atomic E-state index is 0.190. The van der Waals surface area contributed by atoms with Gasteiger partial charge in [-0.1, -0.05) is 30.3 Å². The first kappa shape index (κ1) is 12.1. The SMILES string of the molecule is CN(C(=O)C(C)(C)c1ccccc1)C1CNC1. The molecule has 1 aliphatic heterocycles. The maximum Gasteiger partial charge on any atom is 0.232 e. The van der Waals surface area contributed by atoms with Crippen molar-refractivity contribution in [2.75, 3.05) is 20.1 Å². The van der Waals surface area contributed by atoms with Crippen LogP contribution in [0.5, 0.6) is 0 Å². The summed E-state index contributed by atoms with van der Waals surface area (Å²) in [6, 6.07) is 10.3. The Bertz CT molecular complexity index is 396. The van der Waals surface area contributed by atoms with Crippen molar-refractivity contribution < 1.29 is 4.79 Å². The molecule has 3 heteroatoms. The zero-order valence-electron chi connectivity index (χ0n) is 10.7. The van der Waals surface area contributed by atoms with Crippen LogP contribution in [0.4, 0.5) is 0 Å². The van der Waals surface area contributed by atoms with Crippen molar-refractivity contribution in [3.8, 4) is 0 Å². The minimum Gasteiger partial charge on any atom is -0.339 e. The lowest BCUT2D eigenvalue weighted by Crippen LogP contribution is -2.60. The maximum absolute atomic E-state index is 12.5. The second-order valence-corrected chi connectivity index (χ2v) is 5.22. The van der Waals surface area contributed by atoms with E-state index < -0.39 is 5.41 Å². The Kier molecular flexibility index (Phi) is 3.20. The molecule has 1 aliphatic rings. The van der Waals surface area contributed by atoms with Gasteiger partial charge in [-0.3, -0.25) is 4.79 Å². The number of carbonyl (C=O) groups excluding carboxylic acids is 1. The van der Waals surface area contributed by atoms with Gasteiger partial charge in [0.05, 0.1) is 11.5 Å². The Morgan fingerprint density at radius 3 is 2.35 bits per heavy atom. The fraction of sp³-hybridized carbons (Fsp3) is 0.500. The van der Waals surface area contributed by atoms with Gasteiger partial charge in [0.15, 0.2) is 0 Å². The third-order valence-corrected chi connectivity index (χ3v) is 3.66. The van der Waals surface area contributed by atoms with Gasteiger partial charge in [-0.25, -0.2) is 0 Å². The number of benzene rings is 1. The minimum atomic E-state index is -0.453. The standard InChI is InChI=1S/C14H20N2O/c1-14(2,11-7-5-4-6-8-11)13(17)16(3)12-9-15-10-12/h4-8,12,15H,9-10H2,1-3H3. The van der Waals surface area contributed by atoms with Crippen molar-refractivity contribution in [2.45, 2.75) is 25.3 Å². The Morgan fingerprint density at radius 1 is 1.29 bits per heavy atom. The summed E-state index contributed by atoms with van der Waals surface area (Å²) < 4.78 is 0. The monoisotopic (exact) mass is 232 g/mol. The highest BCUT2D eigenvalue weighted by Crippen LogP contribution is 2.26. The van der Waals surface area contributed by atoms with Crippen LogP contribution in [0.2, 0.25) is 0 Å². The highest BCUT2D eigenvalue weighted by atomic mass is 16.2. The molecule has 92 valence electrons. The highest BCUT2D eigenvalue weighted by Gasteiger charge is 2.36. The summed E-state index contributed by atoms with van der Waals surface area (Å²) in [6.07, 6.45) is 0. The topological polar surface area (TPSA) is 32.3 Å². The van der Waals surface area contributed by atoms with Crippen LogP contribution in [0, 0.1) is 0 Å². The molecule has 1 N–H and O–H groups in total. The summed E-state index contributed by atoms with van der Waals surface area (Å²) in [6.45, 7) is 5.81. The number of amides is 1. The van der Waals surface area contributed by atoms with Crippen molar-refractivity contribution in [1.29, 1.82) is 0 Å². The second-order valence-electron chi connectivity index (χ2n) is 5.22. The predicted molar refractivity (Wildman–Crippen MR) is 68.9 cm³/mol. The molecular weight excluding hydrogens is 212 g/mol. The molecule has 0 saturated carbocycles. The molecule has 0 unspecified atom stereocenters. The molecule has 0 spiro atoms. The van der Waals surface area contributed by atoms with Gasteiger partial charge in [0.25, 0.3) is 0 Å². The number of hydrogen-bond acceptors (Lipinski definition) is 2. The first-order chi connectivity index (χ1) is 8.03. The van der Waals surface area contributed by atoms with Crippen LogP contribution in [-0.4, -0.2) is 37.0 Å². The van der Waals surface area contributed by atoms with E-state index in [1.165, 1.54) is 0 Å². The van der Waals surface area contributed by atoms with E-state index in [1.807, 2.05) is 56.1 Å². The van der Waals surface area contributed by atoms with E-state index in [1.54, 1.807) is 0 Å². The predicted octanol–water partition coefficient (Wildman–Crippen LogP) is 1.39. The molecule has 1 saturated heterocycles. The average molecular weight is 232 g/mol. The average Bonchev–Trinajstić information content (AvgIpc) is 2.26. The van der Waals surface area contributed by atoms with Gasteiger partial charge in [0.2, 0.25) is 5.91 Å². The third-order valence-electron chi connectivity index (χ3n) is 3.66. The zero-order valence-corrected chi connectivity index (χ0v) is 10.7. The van der Waals surface area contributed by atoms with Gasteiger partial charge in [0, 0.05) is 20.1 Å². The van der Waals surface area contributed by atoms with E-state index in [-0.39, 0.29) is 5.91 Å². The van der Waals surface area contributed by atoms with Gasteiger partial charge in [-0.05, 0) is 19.4 Å². The second kappa shape index (κ2) is 4.49. The molecule has 1 aromatic carbocycles. The number of likely N-dealkylation sites (N-methyl/N-ethyl adjacent to an activating group) is 1. The van der Waals surface area contributed by atoms with Crippen molar-refractivity contribution in [2.24, 2.45) is 0 Å². The third kappa shape index (κ3) is 2.20. The van der Waals surface area contributed by atoms with Crippen LogP contribution in [0.3, 0.4) is 0 Å². The lowest BCUT2D eigenvalue weighted by molar-refractivity contribution is -0.138. The normalized spacial score (nSPS) is 16.4. The molecule has 0 radical (unpaired) electrons. The zero-order chi connectivity index (χ0) is 12.5. The van der Waals surface area contributed by atoms with Crippen LogP contribution < -0.4 is 5.32 Å². The molecule has 1 amide bonds. The number of nitrogens with zero attached hydrogens (tertiary/aromatic N) is 1. The summed E-state index contributed by atoms with van der Waals surface area (Å²) in [5.41, 5.74) is 0.620. The molecule has 1 heterocycles. The van der Waals surface area contributed by atoms with Crippen LogP contribution in [-0.2, 0) is 10.2 Å². The van der Waals surface area contributed by atoms with E-state index in [0.29, 0.717) is 6.04 Å². The lowest BCUT2D eigenvalue weighted by atomic mass is 9.83. The van der Waals surface area contributed by atoms with Gasteiger partial charge in [-0.2, -0.15) is 0 Å². The molecule has 0 aromatic heterocycles. The Morgan fingerprint density at radius 2 is 1.88 bits per heavy atom. The summed E-state index contributed by atoms with van der Waals surface area (Å²) in [7, 11) is 1.90. The van der Waals surface area contributed by atoms with Crippen molar-refractivity contribution in [1.82, 2.24) is 10.2 Å². The summed E-state index contributed by atoms with van der Waals surface area (Å²) in [5.74, 6) is 0.190.